The van der Waals surface area contributed by atoms with Crippen LogP contribution in [-0.2, 0) is 4.74 Å². The SMILES string of the molecule is CC(C)(C)OC(=O)N1CCCC(c2ccc(-c3cnc4ccnn4c3)cc2)C1. The lowest BCUT2D eigenvalue weighted by atomic mass is 9.90. The Morgan fingerprint density at radius 2 is 1.93 bits per heavy atom. The van der Waals surface area contributed by atoms with Gasteiger partial charge in [-0.05, 0) is 44.7 Å². The van der Waals surface area contributed by atoms with Crippen LogP contribution in [0, 0.1) is 0 Å². The number of likely N-dealkylation sites (tertiary alicyclic amines) is 1. The molecule has 0 bridgehead atoms. The molecular formula is C22H26N4O2. The van der Waals surface area contributed by atoms with Gasteiger partial charge in [0.15, 0.2) is 5.65 Å². The molecule has 6 heteroatoms. The molecule has 0 N–H and O–H groups in total. The number of carbonyl (C=O) groups is 1. The minimum absolute atomic E-state index is 0.215. The number of fused-ring (bicyclic) bond motifs is 1. The molecule has 0 radical (unpaired) electrons. The maximum absolute atomic E-state index is 12.4. The fraction of sp³-hybridized carbons (Fsp3) is 0.409. The molecule has 1 atom stereocenters. The Morgan fingerprint density at radius 1 is 1.14 bits per heavy atom. The average molecular weight is 378 g/mol. The van der Waals surface area contributed by atoms with Crippen LogP contribution in [0.2, 0.25) is 0 Å². The van der Waals surface area contributed by atoms with E-state index in [1.54, 1.807) is 10.7 Å². The standard InChI is InChI=1S/C22H26N4O2/c1-22(2,3)28-21(27)25-12-4-5-18(14-25)16-6-8-17(9-7-16)19-13-23-20-10-11-24-26(20)15-19/h6-11,13,15,18H,4-5,12,14H2,1-3H3. The molecule has 3 heterocycles. The molecular weight excluding hydrogens is 352 g/mol. The van der Waals surface area contributed by atoms with Gasteiger partial charge in [0.2, 0.25) is 0 Å². The average Bonchev–Trinajstić information content (AvgIpc) is 3.15. The molecule has 1 aromatic carbocycles. The summed E-state index contributed by atoms with van der Waals surface area (Å²) in [5, 5.41) is 4.25. The molecule has 6 nitrogen and oxygen atoms in total. The van der Waals surface area contributed by atoms with Gasteiger partial charge in [-0.15, -0.1) is 0 Å². The molecule has 1 fully saturated rings. The molecule has 4 rings (SSSR count). The summed E-state index contributed by atoms with van der Waals surface area (Å²) >= 11 is 0. The number of rotatable bonds is 2. The van der Waals surface area contributed by atoms with Crippen molar-refractivity contribution in [3.8, 4) is 11.1 Å². The second kappa shape index (κ2) is 7.26. The molecule has 2 aromatic heterocycles. The van der Waals surface area contributed by atoms with Gasteiger partial charge in [-0.3, -0.25) is 0 Å². The topological polar surface area (TPSA) is 59.7 Å². The Bertz CT molecular complexity index is 972. The lowest BCUT2D eigenvalue weighted by Crippen LogP contribution is -2.42. The van der Waals surface area contributed by atoms with E-state index in [-0.39, 0.29) is 6.09 Å². The molecule has 0 aliphatic carbocycles. The van der Waals surface area contributed by atoms with Gasteiger partial charge in [-0.2, -0.15) is 5.10 Å². The smallest absolute Gasteiger partial charge is 0.410 e. The predicted molar refractivity (Wildman–Crippen MR) is 108 cm³/mol. The molecule has 1 aliphatic rings. The van der Waals surface area contributed by atoms with Crippen molar-refractivity contribution >= 4 is 11.7 Å². The van der Waals surface area contributed by atoms with Crippen LogP contribution in [-0.4, -0.2) is 44.3 Å². The number of hydrogen-bond donors (Lipinski definition) is 0. The minimum Gasteiger partial charge on any atom is -0.444 e. The van der Waals surface area contributed by atoms with E-state index in [0.29, 0.717) is 12.5 Å². The maximum Gasteiger partial charge on any atom is 0.410 e. The number of benzene rings is 1. The van der Waals surface area contributed by atoms with E-state index in [9.17, 15) is 4.79 Å². The highest BCUT2D eigenvalue weighted by Crippen LogP contribution is 2.29. The molecule has 0 saturated carbocycles. The zero-order valence-electron chi connectivity index (χ0n) is 16.6. The first-order chi connectivity index (χ1) is 13.4. The fourth-order valence-corrected chi connectivity index (χ4v) is 3.65. The summed E-state index contributed by atoms with van der Waals surface area (Å²) in [5.74, 6) is 0.335. The van der Waals surface area contributed by atoms with Gasteiger partial charge in [-0.1, -0.05) is 24.3 Å². The molecule has 0 spiro atoms. The molecule has 146 valence electrons. The van der Waals surface area contributed by atoms with E-state index in [2.05, 4.69) is 34.3 Å². The Hall–Kier alpha value is -2.89. The number of hydrogen-bond acceptors (Lipinski definition) is 4. The van der Waals surface area contributed by atoms with Gasteiger partial charge in [0.25, 0.3) is 0 Å². The van der Waals surface area contributed by atoms with Crippen LogP contribution in [0.1, 0.15) is 45.1 Å². The highest BCUT2D eigenvalue weighted by Gasteiger charge is 2.28. The molecule has 28 heavy (non-hydrogen) atoms. The van der Waals surface area contributed by atoms with Crippen LogP contribution in [0.25, 0.3) is 16.8 Å². The number of ether oxygens (including phenoxy) is 1. The number of piperidine rings is 1. The lowest BCUT2D eigenvalue weighted by molar-refractivity contribution is 0.0198. The van der Waals surface area contributed by atoms with Crippen molar-refractivity contribution < 1.29 is 9.53 Å². The van der Waals surface area contributed by atoms with Gasteiger partial charge in [0, 0.05) is 43.0 Å². The summed E-state index contributed by atoms with van der Waals surface area (Å²) in [6, 6.07) is 10.4. The summed E-state index contributed by atoms with van der Waals surface area (Å²) < 4.78 is 7.32. The Kier molecular flexibility index (Phi) is 4.79. The predicted octanol–water partition coefficient (Wildman–Crippen LogP) is 4.51. The van der Waals surface area contributed by atoms with Gasteiger partial charge in [-0.25, -0.2) is 14.3 Å². The highest BCUT2D eigenvalue weighted by atomic mass is 16.6. The van der Waals surface area contributed by atoms with Crippen molar-refractivity contribution in [1.82, 2.24) is 19.5 Å². The van der Waals surface area contributed by atoms with Crippen LogP contribution in [0.3, 0.4) is 0 Å². The van der Waals surface area contributed by atoms with Crippen LogP contribution in [0.5, 0.6) is 0 Å². The second-order valence-electron chi connectivity index (χ2n) is 8.36. The summed E-state index contributed by atoms with van der Waals surface area (Å²) in [7, 11) is 0. The number of aromatic nitrogens is 3. The van der Waals surface area contributed by atoms with E-state index < -0.39 is 5.60 Å². The molecule has 1 aliphatic heterocycles. The summed E-state index contributed by atoms with van der Waals surface area (Å²) in [5.41, 5.74) is 3.76. The lowest BCUT2D eigenvalue weighted by Gasteiger charge is -2.34. The van der Waals surface area contributed by atoms with Gasteiger partial charge < -0.3 is 9.64 Å². The van der Waals surface area contributed by atoms with E-state index in [1.807, 2.05) is 44.1 Å². The molecule has 3 aromatic rings. The van der Waals surface area contributed by atoms with Crippen molar-refractivity contribution in [3.05, 3.63) is 54.5 Å². The number of nitrogens with zero attached hydrogens (tertiary/aromatic N) is 4. The van der Waals surface area contributed by atoms with Crippen molar-refractivity contribution in [3.63, 3.8) is 0 Å². The van der Waals surface area contributed by atoms with E-state index >= 15 is 0 Å². The monoisotopic (exact) mass is 378 g/mol. The van der Waals surface area contributed by atoms with Gasteiger partial charge in [0.05, 0.1) is 6.20 Å². The van der Waals surface area contributed by atoms with Crippen LogP contribution >= 0.6 is 0 Å². The van der Waals surface area contributed by atoms with E-state index in [0.717, 1.165) is 36.2 Å². The maximum atomic E-state index is 12.4. The zero-order chi connectivity index (χ0) is 19.7. The third kappa shape index (κ3) is 4.01. The molecule has 1 unspecified atom stereocenters. The second-order valence-corrected chi connectivity index (χ2v) is 8.36. The summed E-state index contributed by atoms with van der Waals surface area (Å²) in [6.45, 7) is 7.18. The van der Waals surface area contributed by atoms with Crippen molar-refractivity contribution in [2.75, 3.05) is 13.1 Å². The minimum atomic E-state index is -0.463. The highest BCUT2D eigenvalue weighted by molar-refractivity contribution is 5.68. The van der Waals surface area contributed by atoms with Gasteiger partial charge in [0.1, 0.15) is 5.60 Å². The van der Waals surface area contributed by atoms with Crippen molar-refractivity contribution in [1.29, 1.82) is 0 Å². The first-order valence-corrected chi connectivity index (χ1v) is 9.77. The first-order valence-electron chi connectivity index (χ1n) is 9.77. The molecule has 1 saturated heterocycles. The number of carbonyl (C=O) groups excluding carboxylic acids is 1. The van der Waals surface area contributed by atoms with E-state index in [1.165, 1.54) is 5.56 Å². The van der Waals surface area contributed by atoms with Crippen molar-refractivity contribution in [2.24, 2.45) is 0 Å². The Balaban J connectivity index is 1.48. The Morgan fingerprint density at radius 3 is 2.68 bits per heavy atom. The largest absolute Gasteiger partial charge is 0.444 e. The summed E-state index contributed by atoms with van der Waals surface area (Å²) in [4.78, 5) is 18.7. The zero-order valence-corrected chi connectivity index (χ0v) is 16.6. The molecule has 1 amide bonds. The van der Waals surface area contributed by atoms with Crippen LogP contribution in [0.4, 0.5) is 4.79 Å². The summed E-state index contributed by atoms with van der Waals surface area (Å²) in [6.07, 6.45) is 7.46. The van der Waals surface area contributed by atoms with Crippen molar-refractivity contribution in [2.45, 2.75) is 45.1 Å². The van der Waals surface area contributed by atoms with Crippen LogP contribution < -0.4 is 0 Å². The third-order valence-corrected chi connectivity index (χ3v) is 5.04. The quantitative estimate of drug-likeness (QED) is 0.658. The third-order valence-electron chi connectivity index (χ3n) is 5.04. The van der Waals surface area contributed by atoms with Gasteiger partial charge >= 0.3 is 6.09 Å². The van der Waals surface area contributed by atoms with Crippen LogP contribution in [0.15, 0.2) is 48.9 Å². The Labute approximate surface area is 165 Å². The first kappa shape index (κ1) is 18.5. The number of amides is 1. The fourth-order valence-electron chi connectivity index (χ4n) is 3.65. The van der Waals surface area contributed by atoms with E-state index in [4.69, 9.17) is 4.74 Å². The normalized spacial score (nSPS) is 17.7.